The number of hydrogen-bond donors (Lipinski definition) is 1. The van der Waals surface area contributed by atoms with E-state index in [1.807, 2.05) is 20.8 Å². The molecule has 0 fully saturated rings. The predicted octanol–water partition coefficient (Wildman–Crippen LogP) is 3.45. The number of aromatic nitrogens is 1. The number of halogens is 1. The first-order chi connectivity index (χ1) is 8.97. The molecular weight excluding hydrogens is 239 g/mol. The zero-order valence-electron chi connectivity index (χ0n) is 11.6. The summed E-state index contributed by atoms with van der Waals surface area (Å²) < 4.78 is 13.0. The Labute approximate surface area is 113 Å². The van der Waals surface area contributed by atoms with Crippen LogP contribution in [0.1, 0.15) is 35.7 Å². The molecule has 0 aliphatic heterocycles. The number of pyridine rings is 1. The number of hydrogen-bond acceptors (Lipinski definition) is 2. The third-order valence-corrected chi connectivity index (χ3v) is 3.62. The fourth-order valence-corrected chi connectivity index (χ4v) is 2.37. The van der Waals surface area contributed by atoms with Crippen LogP contribution in [0.15, 0.2) is 36.5 Å². The van der Waals surface area contributed by atoms with Crippen molar-refractivity contribution in [3.63, 3.8) is 0 Å². The van der Waals surface area contributed by atoms with Gasteiger partial charge in [-0.1, -0.05) is 30.7 Å². The minimum absolute atomic E-state index is 0.344. The summed E-state index contributed by atoms with van der Waals surface area (Å²) in [7, 11) is 0. The maximum Gasteiger partial charge on any atom is 0.141 e. The van der Waals surface area contributed by atoms with E-state index in [2.05, 4.69) is 23.2 Å². The average Bonchev–Trinajstić information content (AvgIpc) is 2.41. The predicted molar refractivity (Wildman–Crippen MR) is 75.4 cm³/mol. The van der Waals surface area contributed by atoms with E-state index >= 15 is 0 Å². The minimum atomic E-state index is -0.677. The highest BCUT2D eigenvalue weighted by atomic mass is 19.1. The van der Waals surface area contributed by atoms with Crippen LogP contribution in [0, 0.1) is 19.7 Å². The summed E-state index contributed by atoms with van der Waals surface area (Å²) >= 11 is 0. The summed E-state index contributed by atoms with van der Waals surface area (Å²) in [4.78, 5) is 4.17. The van der Waals surface area contributed by atoms with Crippen LogP contribution in [-0.2, 0) is 5.54 Å². The maximum atomic E-state index is 13.0. The Bertz CT molecular complexity index is 578. The third kappa shape index (κ3) is 2.51. The summed E-state index contributed by atoms with van der Waals surface area (Å²) in [6.07, 6.45) is 1.92. The molecule has 0 amide bonds. The van der Waals surface area contributed by atoms with Gasteiger partial charge in [-0.15, -0.1) is 0 Å². The molecule has 1 aromatic heterocycles. The second kappa shape index (κ2) is 5.10. The molecule has 1 heterocycles. The van der Waals surface area contributed by atoms with Gasteiger partial charge in [-0.05, 0) is 43.5 Å². The van der Waals surface area contributed by atoms with Crippen molar-refractivity contribution in [1.29, 1.82) is 0 Å². The van der Waals surface area contributed by atoms with E-state index in [4.69, 9.17) is 5.73 Å². The van der Waals surface area contributed by atoms with Crippen molar-refractivity contribution in [3.05, 3.63) is 64.7 Å². The molecule has 0 aliphatic carbocycles. The van der Waals surface area contributed by atoms with Crippen LogP contribution in [0.25, 0.3) is 0 Å². The molecule has 0 aliphatic rings. The van der Waals surface area contributed by atoms with E-state index in [0.717, 1.165) is 16.7 Å². The van der Waals surface area contributed by atoms with Gasteiger partial charge >= 0.3 is 0 Å². The Kier molecular flexibility index (Phi) is 3.67. The molecule has 100 valence electrons. The molecule has 3 heteroatoms. The molecule has 0 bridgehead atoms. The van der Waals surface area contributed by atoms with Gasteiger partial charge in [0.15, 0.2) is 0 Å². The lowest BCUT2D eigenvalue weighted by atomic mass is 9.81. The van der Waals surface area contributed by atoms with Crippen LogP contribution >= 0.6 is 0 Å². The third-order valence-electron chi connectivity index (χ3n) is 3.62. The van der Waals surface area contributed by atoms with Gasteiger partial charge in [0.1, 0.15) is 5.82 Å². The molecule has 2 aromatic rings. The first-order valence-corrected chi connectivity index (χ1v) is 6.46. The van der Waals surface area contributed by atoms with Crippen molar-refractivity contribution in [2.24, 2.45) is 5.73 Å². The van der Waals surface area contributed by atoms with Crippen molar-refractivity contribution in [1.82, 2.24) is 4.98 Å². The second-order valence-electron chi connectivity index (χ2n) is 5.00. The molecule has 0 spiro atoms. The zero-order valence-corrected chi connectivity index (χ0v) is 11.6. The van der Waals surface area contributed by atoms with Gasteiger partial charge in [-0.25, -0.2) is 4.39 Å². The van der Waals surface area contributed by atoms with Crippen LogP contribution in [-0.4, -0.2) is 4.98 Å². The molecule has 2 nitrogen and oxygen atoms in total. The average molecular weight is 258 g/mol. The van der Waals surface area contributed by atoms with Gasteiger partial charge in [-0.2, -0.15) is 0 Å². The summed E-state index contributed by atoms with van der Waals surface area (Å²) in [5.74, 6) is -0.344. The summed E-state index contributed by atoms with van der Waals surface area (Å²) in [6.45, 7) is 6.10. The number of rotatable bonds is 3. The Balaban J connectivity index is 2.59. The molecule has 2 N–H and O–H groups in total. The minimum Gasteiger partial charge on any atom is -0.316 e. The zero-order chi connectivity index (χ0) is 14.0. The van der Waals surface area contributed by atoms with Crippen LogP contribution in [0.4, 0.5) is 4.39 Å². The molecule has 19 heavy (non-hydrogen) atoms. The van der Waals surface area contributed by atoms with Crippen molar-refractivity contribution >= 4 is 0 Å². The van der Waals surface area contributed by atoms with Gasteiger partial charge in [-0.3, -0.25) is 4.98 Å². The van der Waals surface area contributed by atoms with Crippen molar-refractivity contribution in [2.75, 3.05) is 0 Å². The number of benzene rings is 1. The number of nitrogens with zero attached hydrogens (tertiary/aromatic N) is 1. The standard InChI is InChI=1S/C16H19FN2/c1-4-16(18,15-8-7-13(17)10-19-15)14-9-11(2)5-6-12(14)3/h5-10H,4,18H2,1-3H3. The lowest BCUT2D eigenvalue weighted by Gasteiger charge is -2.30. The lowest BCUT2D eigenvalue weighted by molar-refractivity contribution is 0.496. The number of nitrogens with two attached hydrogens (primary N) is 1. The van der Waals surface area contributed by atoms with Crippen molar-refractivity contribution in [3.8, 4) is 0 Å². The van der Waals surface area contributed by atoms with Gasteiger partial charge in [0.2, 0.25) is 0 Å². The van der Waals surface area contributed by atoms with Gasteiger partial charge in [0, 0.05) is 0 Å². The van der Waals surface area contributed by atoms with Crippen LogP contribution < -0.4 is 5.73 Å². The van der Waals surface area contributed by atoms with E-state index in [1.165, 1.54) is 12.3 Å². The van der Waals surface area contributed by atoms with Crippen LogP contribution in [0.5, 0.6) is 0 Å². The smallest absolute Gasteiger partial charge is 0.141 e. The first kappa shape index (κ1) is 13.7. The highest BCUT2D eigenvalue weighted by Crippen LogP contribution is 2.31. The fraction of sp³-hybridized carbons (Fsp3) is 0.312. The summed E-state index contributed by atoms with van der Waals surface area (Å²) in [5, 5.41) is 0. The molecule has 1 atom stereocenters. The van der Waals surface area contributed by atoms with Gasteiger partial charge in [0.05, 0.1) is 17.4 Å². The largest absolute Gasteiger partial charge is 0.316 e. The lowest BCUT2D eigenvalue weighted by Crippen LogP contribution is -2.39. The molecule has 1 aromatic carbocycles. The molecule has 0 radical (unpaired) electrons. The Morgan fingerprint density at radius 2 is 1.95 bits per heavy atom. The normalized spacial score (nSPS) is 14.2. The van der Waals surface area contributed by atoms with Crippen molar-refractivity contribution < 1.29 is 4.39 Å². The van der Waals surface area contributed by atoms with E-state index in [9.17, 15) is 4.39 Å². The second-order valence-corrected chi connectivity index (χ2v) is 5.00. The monoisotopic (exact) mass is 258 g/mol. The van der Waals surface area contributed by atoms with Gasteiger partial charge < -0.3 is 5.73 Å². The maximum absolute atomic E-state index is 13.0. The SMILES string of the molecule is CCC(N)(c1ccc(F)cn1)c1cc(C)ccc1C. The molecule has 2 rings (SSSR count). The molecular formula is C16H19FN2. The topological polar surface area (TPSA) is 38.9 Å². The Hall–Kier alpha value is -1.74. The van der Waals surface area contributed by atoms with Crippen LogP contribution in [0.3, 0.4) is 0 Å². The number of aryl methyl sites for hydroxylation is 2. The summed E-state index contributed by atoms with van der Waals surface area (Å²) in [5.41, 5.74) is 9.93. The van der Waals surface area contributed by atoms with Gasteiger partial charge in [0.25, 0.3) is 0 Å². The Morgan fingerprint density at radius 1 is 1.21 bits per heavy atom. The van der Waals surface area contributed by atoms with Crippen molar-refractivity contribution in [2.45, 2.75) is 32.7 Å². The summed E-state index contributed by atoms with van der Waals surface area (Å²) in [6, 6.07) is 9.29. The molecule has 0 saturated heterocycles. The molecule has 1 unspecified atom stereocenters. The highest BCUT2D eigenvalue weighted by Gasteiger charge is 2.30. The quantitative estimate of drug-likeness (QED) is 0.915. The van der Waals surface area contributed by atoms with E-state index < -0.39 is 5.54 Å². The highest BCUT2D eigenvalue weighted by molar-refractivity contribution is 5.41. The first-order valence-electron chi connectivity index (χ1n) is 6.46. The van der Waals surface area contributed by atoms with E-state index in [-0.39, 0.29) is 5.82 Å². The van der Waals surface area contributed by atoms with E-state index in [1.54, 1.807) is 6.07 Å². The molecule has 0 saturated carbocycles. The van der Waals surface area contributed by atoms with Crippen LogP contribution in [0.2, 0.25) is 0 Å². The Morgan fingerprint density at radius 3 is 2.53 bits per heavy atom. The van der Waals surface area contributed by atoms with E-state index in [0.29, 0.717) is 12.1 Å². The fourth-order valence-electron chi connectivity index (χ4n) is 2.37.